The number of nitrogens with one attached hydrogen (secondary N) is 2. The minimum atomic E-state index is -3.78. The lowest BCUT2D eigenvalue weighted by atomic mass is 10.1. The highest BCUT2D eigenvalue weighted by Gasteiger charge is 2.16. The molecule has 0 aliphatic rings. The molecule has 0 aromatic heterocycles. The zero-order chi connectivity index (χ0) is 20.3. The van der Waals surface area contributed by atoms with Crippen LogP contribution in [0, 0.1) is 13.8 Å². The summed E-state index contributed by atoms with van der Waals surface area (Å²) in [6.45, 7) is 3.65. The maximum Gasteiger partial charge on any atom is 0.261 e. The number of sulfonamides is 1. The van der Waals surface area contributed by atoms with E-state index in [2.05, 4.69) is 10.0 Å². The van der Waals surface area contributed by atoms with Crippen LogP contribution in [0.4, 0.5) is 11.4 Å². The predicted molar refractivity (Wildman–Crippen MR) is 113 cm³/mol. The standard InChI is InChI=1S/C21H19ClN2O3S/c1-14-5-3-4-6-19(14)21(25)23-17-9-11-18(12-10-17)28(26,27)24-20-13-16(22)8-7-15(20)2/h3-13,24H,1-2H3,(H,23,25). The van der Waals surface area contributed by atoms with E-state index in [1.807, 2.05) is 19.1 Å². The van der Waals surface area contributed by atoms with Crippen LogP contribution in [0.2, 0.25) is 5.02 Å². The second-order valence-electron chi connectivity index (χ2n) is 6.36. The van der Waals surface area contributed by atoms with Gasteiger partial charge >= 0.3 is 0 Å². The number of rotatable bonds is 5. The lowest BCUT2D eigenvalue weighted by Crippen LogP contribution is -2.15. The third-order valence-corrected chi connectivity index (χ3v) is 5.87. The van der Waals surface area contributed by atoms with E-state index in [-0.39, 0.29) is 10.8 Å². The van der Waals surface area contributed by atoms with Crippen LogP contribution in [-0.4, -0.2) is 14.3 Å². The van der Waals surface area contributed by atoms with Gasteiger partial charge in [-0.3, -0.25) is 9.52 Å². The van der Waals surface area contributed by atoms with Gasteiger partial charge in [-0.1, -0.05) is 35.9 Å². The van der Waals surface area contributed by atoms with Crippen molar-refractivity contribution in [1.29, 1.82) is 0 Å². The van der Waals surface area contributed by atoms with Crippen molar-refractivity contribution in [2.24, 2.45) is 0 Å². The Kier molecular flexibility index (Phi) is 5.72. The van der Waals surface area contributed by atoms with E-state index in [0.29, 0.717) is 22.0 Å². The molecule has 144 valence electrons. The fraction of sp³-hybridized carbons (Fsp3) is 0.0952. The zero-order valence-corrected chi connectivity index (χ0v) is 16.9. The quantitative estimate of drug-likeness (QED) is 0.616. The molecule has 5 nitrogen and oxygen atoms in total. The smallest absolute Gasteiger partial charge is 0.261 e. The van der Waals surface area contributed by atoms with E-state index in [1.165, 1.54) is 12.1 Å². The number of benzene rings is 3. The van der Waals surface area contributed by atoms with Crippen molar-refractivity contribution in [2.75, 3.05) is 10.0 Å². The van der Waals surface area contributed by atoms with Crippen LogP contribution in [0.5, 0.6) is 0 Å². The first-order valence-electron chi connectivity index (χ1n) is 8.52. The van der Waals surface area contributed by atoms with Crippen LogP contribution >= 0.6 is 11.6 Å². The molecule has 0 spiro atoms. The van der Waals surface area contributed by atoms with Gasteiger partial charge in [0.05, 0.1) is 10.6 Å². The van der Waals surface area contributed by atoms with Gasteiger partial charge in [0.1, 0.15) is 0 Å². The summed E-state index contributed by atoms with van der Waals surface area (Å²) in [6, 6.07) is 18.2. The number of carbonyl (C=O) groups is 1. The second-order valence-corrected chi connectivity index (χ2v) is 8.48. The molecule has 0 aliphatic heterocycles. The summed E-state index contributed by atoms with van der Waals surface area (Å²) in [5.41, 5.74) is 3.11. The van der Waals surface area contributed by atoms with Crippen LogP contribution in [0.3, 0.4) is 0 Å². The molecule has 0 saturated heterocycles. The molecule has 0 fully saturated rings. The Hall–Kier alpha value is -2.83. The van der Waals surface area contributed by atoms with Gasteiger partial charge in [0.15, 0.2) is 0 Å². The molecule has 0 unspecified atom stereocenters. The fourth-order valence-corrected chi connectivity index (χ4v) is 3.95. The summed E-state index contributed by atoms with van der Waals surface area (Å²) in [5.74, 6) is -0.249. The second kappa shape index (κ2) is 8.04. The van der Waals surface area contributed by atoms with Crippen molar-refractivity contribution in [3.8, 4) is 0 Å². The molecule has 0 heterocycles. The molecule has 3 aromatic rings. The Labute approximate surface area is 169 Å². The Bertz CT molecular complexity index is 1130. The highest BCUT2D eigenvalue weighted by Crippen LogP contribution is 2.24. The van der Waals surface area contributed by atoms with Crippen LogP contribution in [0.15, 0.2) is 71.6 Å². The van der Waals surface area contributed by atoms with Crippen molar-refractivity contribution in [3.63, 3.8) is 0 Å². The molecular weight excluding hydrogens is 396 g/mol. The number of anilines is 2. The van der Waals surface area contributed by atoms with E-state index in [9.17, 15) is 13.2 Å². The molecule has 0 saturated carbocycles. The average Bonchev–Trinajstić information content (AvgIpc) is 2.65. The van der Waals surface area contributed by atoms with Gasteiger partial charge in [0.2, 0.25) is 0 Å². The van der Waals surface area contributed by atoms with Gasteiger partial charge in [-0.25, -0.2) is 8.42 Å². The zero-order valence-electron chi connectivity index (χ0n) is 15.4. The number of amides is 1. The molecule has 7 heteroatoms. The molecular formula is C21H19ClN2O3S. The molecule has 1 amide bonds. The molecule has 3 rings (SSSR count). The lowest BCUT2D eigenvalue weighted by molar-refractivity contribution is 0.102. The van der Waals surface area contributed by atoms with Gasteiger partial charge in [-0.15, -0.1) is 0 Å². The van der Waals surface area contributed by atoms with Crippen molar-refractivity contribution in [3.05, 3.63) is 88.4 Å². The normalized spacial score (nSPS) is 11.1. The Morgan fingerprint density at radius 3 is 2.25 bits per heavy atom. The summed E-state index contributed by atoms with van der Waals surface area (Å²) < 4.78 is 27.8. The van der Waals surface area contributed by atoms with Crippen LogP contribution in [-0.2, 0) is 10.0 Å². The van der Waals surface area contributed by atoms with Gasteiger partial charge < -0.3 is 5.32 Å². The van der Waals surface area contributed by atoms with E-state index < -0.39 is 10.0 Å². The highest BCUT2D eigenvalue weighted by atomic mass is 35.5. The van der Waals surface area contributed by atoms with Crippen molar-refractivity contribution in [1.82, 2.24) is 0 Å². The van der Waals surface area contributed by atoms with Gasteiger partial charge in [0, 0.05) is 16.3 Å². The maximum absolute atomic E-state index is 12.6. The van der Waals surface area contributed by atoms with Crippen molar-refractivity contribution >= 4 is 38.9 Å². The third-order valence-electron chi connectivity index (χ3n) is 4.26. The predicted octanol–water partition coefficient (Wildman–Crippen LogP) is 5.01. The Balaban J connectivity index is 1.77. The molecule has 0 aliphatic carbocycles. The summed E-state index contributed by atoms with van der Waals surface area (Å²) in [5, 5.41) is 3.21. The lowest BCUT2D eigenvalue weighted by Gasteiger charge is -2.12. The largest absolute Gasteiger partial charge is 0.322 e. The summed E-state index contributed by atoms with van der Waals surface area (Å²) in [6.07, 6.45) is 0. The minimum absolute atomic E-state index is 0.0840. The SMILES string of the molecule is Cc1ccc(Cl)cc1NS(=O)(=O)c1ccc(NC(=O)c2ccccc2C)cc1. The molecule has 2 N–H and O–H groups in total. The third kappa shape index (κ3) is 4.52. The van der Waals surface area contributed by atoms with E-state index in [0.717, 1.165) is 11.1 Å². The minimum Gasteiger partial charge on any atom is -0.322 e. The van der Waals surface area contributed by atoms with Crippen LogP contribution < -0.4 is 10.0 Å². The maximum atomic E-state index is 12.6. The van der Waals surface area contributed by atoms with Gasteiger partial charge in [-0.05, 0) is 67.4 Å². The van der Waals surface area contributed by atoms with Crippen LogP contribution in [0.25, 0.3) is 0 Å². The molecule has 0 radical (unpaired) electrons. The number of halogens is 1. The Morgan fingerprint density at radius 1 is 0.893 bits per heavy atom. The number of carbonyl (C=O) groups excluding carboxylic acids is 1. The molecule has 28 heavy (non-hydrogen) atoms. The monoisotopic (exact) mass is 414 g/mol. The summed E-state index contributed by atoms with van der Waals surface area (Å²) >= 11 is 5.95. The molecule has 0 bridgehead atoms. The van der Waals surface area contributed by atoms with E-state index in [4.69, 9.17) is 11.6 Å². The number of hydrogen-bond acceptors (Lipinski definition) is 3. The van der Waals surface area contributed by atoms with E-state index in [1.54, 1.807) is 49.4 Å². The first-order chi connectivity index (χ1) is 13.3. The summed E-state index contributed by atoms with van der Waals surface area (Å²) in [7, 11) is -3.78. The van der Waals surface area contributed by atoms with Crippen molar-refractivity contribution < 1.29 is 13.2 Å². The topological polar surface area (TPSA) is 75.3 Å². The first-order valence-corrected chi connectivity index (χ1v) is 10.4. The Morgan fingerprint density at radius 2 is 1.57 bits per heavy atom. The fourth-order valence-electron chi connectivity index (χ4n) is 2.65. The first kappa shape index (κ1) is 19.9. The average molecular weight is 415 g/mol. The highest BCUT2D eigenvalue weighted by molar-refractivity contribution is 7.92. The summed E-state index contributed by atoms with van der Waals surface area (Å²) in [4.78, 5) is 12.5. The van der Waals surface area contributed by atoms with Gasteiger partial charge in [-0.2, -0.15) is 0 Å². The molecule has 0 atom stereocenters. The van der Waals surface area contributed by atoms with Crippen molar-refractivity contribution in [2.45, 2.75) is 18.7 Å². The number of aryl methyl sites for hydroxylation is 2. The van der Waals surface area contributed by atoms with E-state index >= 15 is 0 Å². The number of hydrogen-bond donors (Lipinski definition) is 2. The molecule has 3 aromatic carbocycles. The van der Waals surface area contributed by atoms with Crippen LogP contribution in [0.1, 0.15) is 21.5 Å². The van der Waals surface area contributed by atoms with Gasteiger partial charge in [0.25, 0.3) is 15.9 Å².